The van der Waals surface area contributed by atoms with Crippen LogP contribution in [-0.2, 0) is 16.4 Å². The lowest BCUT2D eigenvalue weighted by Crippen LogP contribution is -2.34. The molecule has 9 heteroatoms. The number of anilines is 1. The second kappa shape index (κ2) is 10.1. The number of benzene rings is 2. The van der Waals surface area contributed by atoms with Crippen LogP contribution in [0.1, 0.15) is 30.6 Å². The van der Waals surface area contributed by atoms with E-state index in [9.17, 15) is 8.42 Å². The Morgan fingerprint density at radius 3 is 2.69 bits per heavy atom. The highest BCUT2D eigenvalue weighted by Gasteiger charge is 2.26. The number of thioether (sulfide) groups is 1. The first-order chi connectivity index (χ1) is 17.6. The zero-order valence-corrected chi connectivity index (χ0v) is 22.3. The number of fused-ring (bicyclic) bond motifs is 4. The summed E-state index contributed by atoms with van der Waals surface area (Å²) in [5.74, 6) is 1.42. The zero-order chi connectivity index (χ0) is 24.5. The number of aromatic nitrogens is 2. The Morgan fingerprint density at radius 2 is 1.81 bits per heavy atom. The fourth-order valence-corrected chi connectivity index (χ4v) is 8.62. The molecule has 0 bridgehead atoms. The molecule has 0 unspecified atom stereocenters. The zero-order valence-electron chi connectivity index (χ0n) is 19.8. The maximum atomic E-state index is 13.0. The summed E-state index contributed by atoms with van der Waals surface area (Å²) in [4.78, 5) is 12.2. The van der Waals surface area contributed by atoms with Gasteiger partial charge >= 0.3 is 0 Å². The number of rotatable bonds is 6. The molecule has 0 radical (unpaired) electrons. The quantitative estimate of drug-likeness (QED) is 0.317. The van der Waals surface area contributed by atoms with Crippen LogP contribution in [0.15, 0.2) is 70.6 Å². The van der Waals surface area contributed by atoms with E-state index in [1.807, 2.05) is 30.0 Å². The van der Waals surface area contributed by atoms with Gasteiger partial charge in [-0.1, -0.05) is 36.4 Å². The van der Waals surface area contributed by atoms with E-state index < -0.39 is 10.0 Å². The second-order valence-electron chi connectivity index (χ2n) is 9.43. The number of nitrogens with zero attached hydrogens (tertiary/aromatic N) is 2. The van der Waals surface area contributed by atoms with Crippen molar-refractivity contribution in [2.75, 3.05) is 17.6 Å². The number of hydrogen-bond acceptors (Lipinski definition) is 7. The van der Waals surface area contributed by atoms with Gasteiger partial charge in [-0.05, 0) is 56.2 Å². The van der Waals surface area contributed by atoms with Crippen LogP contribution in [-0.4, -0.2) is 36.7 Å². The first kappa shape index (κ1) is 23.9. The molecule has 2 N–H and O–H groups in total. The molecule has 1 fully saturated rings. The minimum absolute atomic E-state index is 0.250. The molecule has 1 aliphatic carbocycles. The Labute approximate surface area is 220 Å². The van der Waals surface area contributed by atoms with Crippen LogP contribution in [0, 0.1) is 5.92 Å². The molecule has 0 spiro atoms. The molecule has 2 aromatic heterocycles. The lowest BCUT2D eigenvalue weighted by atomic mass is 9.86. The number of pyridine rings is 1. The normalized spacial score (nSPS) is 19.9. The second-order valence-corrected chi connectivity index (χ2v) is 13.4. The number of thiazole rings is 1. The molecule has 2 aromatic carbocycles. The molecular formula is C27H28N4O2S3. The van der Waals surface area contributed by atoms with Gasteiger partial charge < -0.3 is 5.32 Å². The average molecular weight is 537 g/mol. The number of nitrogens with one attached hydrogen (secondary N) is 2. The predicted molar refractivity (Wildman–Crippen MR) is 148 cm³/mol. The Kier molecular flexibility index (Phi) is 6.73. The molecular weight excluding hydrogens is 509 g/mol. The number of sulfonamides is 1. The van der Waals surface area contributed by atoms with Crippen molar-refractivity contribution in [1.82, 2.24) is 14.7 Å². The van der Waals surface area contributed by atoms with Crippen molar-refractivity contribution in [3.05, 3.63) is 65.7 Å². The minimum atomic E-state index is -3.62. The molecule has 186 valence electrons. The summed E-state index contributed by atoms with van der Waals surface area (Å²) in [6, 6.07) is 17.9. The SMILES string of the molecule is O=S(=O)(NCC1CCC(Nc2nc3c(s2)CCSc2ccccc2-3)CC1)c1cccc2cccnc12. The van der Waals surface area contributed by atoms with Gasteiger partial charge in [-0.3, -0.25) is 4.98 Å². The van der Waals surface area contributed by atoms with Gasteiger partial charge in [-0.15, -0.1) is 23.1 Å². The highest BCUT2D eigenvalue weighted by atomic mass is 32.2. The molecule has 0 amide bonds. The molecule has 6 rings (SSSR count). The van der Waals surface area contributed by atoms with E-state index in [1.54, 1.807) is 29.7 Å². The van der Waals surface area contributed by atoms with Gasteiger partial charge in [0.25, 0.3) is 0 Å². The lowest BCUT2D eigenvalue weighted by Gasteiger charge is -2.29. The van der Waals surface area contributed by atoms with Crippen LogP contribution in [0.5, 0.6) is 0 Å². The van der Waals surface area contributed by atoms with E-state index in [0.717, 1.165) is 54.1 Å². The van der Waals surface area contributed by atoms with Crippen molar-refractivity contribution in [3.63, 3.8) is 0 Å². The lowest BCUT2D eigenvalue weighted by molar-refractivity contribution is 0.337. The minimum Gasteiger partial charge on any atom is -0.359 e. The van der Waals surface area contributed by atoms with Crippen LogP contribution in [0.25, 0.3) is 22.2 Å². The summed E-state index contributed by atoms with van der Waals surface area (Å²) >= 11 is 3.70. The largest absolute Gasteiger partial charge is 0.359 e. The molecule has 0 atom stereocenters. The van der Waals surface area contributed by atoms with Crippen LogP contribution in [0.3, 0.4) is 0 Å². The monoisotopic (exact) mass is 536 g/mol. The predicted octanol–water partition coefficient (Wildman–Crippen LogP) is 5.96. The first-order valence-electron chi connectivity index (χ1n) is 12.4. The van der Waals surface area contributed by atoms with E-state index in [1.165, 1.54) is 15.3 Å². The Hall–Kier alpha value is -2.46. The summed E-state index contributed by atoms with van der Waals surface area (Å²) in [5, 5.41) is 5.52. The van der Waals surface area contributed by atoms with Crippen LogP contribution >= 0.6 is 23.1 Å². The summed E-state index contributed by atoms with van der Waals surface area (Å²) in [5.41, 5.74) is 2.90. The van der Waals surface area contributed by atoms with E-state index in [0.29, 0.717) is 24.0 Å². The van der Waals surface area contributed by atoms with Crippen LogP contribution in [0.4, 0.5) is 5.13 Å². The molecule has 3 heterocycles. The number of aryl methyl sites for hydroxylation is 1. The van der Waals surface area contributed by atoms with Crippen molar-refractivity contribution < 1.29 is 8.42 Å². The smallest absolute Gasteiger partial charge is 0.242 e. The summed E-state index contributed by atoms with van der Waals surface area (Å²) < 4.78 is 28.9. The van der Waals surface area contributed by atoms with Gasteiger partial charge in [0.15, 0.2) is 5.13 Å². The Balaban J connectivity index is 1.06. The van der Waals surface area contributed by atoms with Gasteiger partial charge in [0.2, 0.25) is 10.0 Å². The fourth-order valence-electron chi connectivity index (χ4n) is 5.12. The van der Waals surface area contributed by atoms with Crippen molar-refractivity contribution >= 4 is 49.2 Å². The molecule has 6 nitrogen and oxygen atoms in total. The first-order valence-corrected chi connectivity index (χ1v) is 15.7. The third kappa shape index (κ3) is 4.89. The van der Waals surface area contributed by atoms with E-state index >= 15 is 0 Å². The standard InChI is InChI=1S/C27H28N4O2S3/c32-36(33,24-9-3-5-19-6-4-15-28-25(19)24)29-17-18-10-12-20(13-11-18)30-27-31-26-21-7-1-2-8-22(21)34-16-14-23(26)35-27/h1-9,15,18,20,29H,10-14,16-17H2,(H,30,31). The number of para-hydroxylation sites is 1. The summed E-state index contributed by atoms with van der Waals surface area (Å²) in [6.07, 6.45) is 6.68. The van der Waals surface area contributed by atoms with Crippen molar-refractivity contribution in [3.8, 4) is 11.3 Å². The van der Waals surface area contributed by atoms with E-state index in [4.69, 9.17) is 4.98 Å². The van der Waals surface area contributed by atoms with E-state index in [2.05, 4.69) is 39.3 Å². The Bertz CT molecular complexity index is 1490. The highest BCUT2D eigenvalue weighted by molar-refractivity contribution is 7.99. The van der Waals surface area contributed by atoms with Crippen molar-refractivity contribution in [1.29, 1.82) is 0 Å². The van der Waals surface area contributed by atoms with Crippen molar-refractivity contribution in [2.24, 2.45) is 5.92 Å². The third-order valence-corrected chi connectivity index (χ3v) is 10.6. The van der Waals surface area contributed by atoms with E-state index in [-0.39, 0.29) is 4.90 Å². The topological polar surface area (TPSA) is 84.0 Å². The fraction of sp³-hybridized carbons (Fsp3) is 0.333. The van der Waals surface area contributed by atoms with Crippen molar-refractivity contribution in [2.45, 2.75) is 47.9 Å². The maximum absolute atomic E-state index is 13.0. The molecule has 4 aromatic rings. The van der Waals surface area contributed by atoms with Gasteiger partial charge in [0.1, 0.15) is 4.90 Å². The summed E-state index contributed by atoms with van der Waals surface area (Å²) in [7, 11) is -3.62. The molecule has 0 saturated heterocycles. The highest BCUT2D eigenvalue weighted by Crippen LogP contribution is 2.41. The molecule has 2 aliphatic rings. The average Bonchev–Trinajstić information content (AvgIpc) is 3.22. The van der Waals surface area contributed by atoms with Gasteiger partial charge in [-0.2, -0.15) is 0 Å². The van der Waals surface area contributed by atoms with Gasteiger partial charge in [0.05, 0.1) is 11.2 Å². The van der Waals surface area contributed by atoms with Crippen LogP contribution in [0.2, 0.25) is 0 Å². The summed E-state index contributed by atoms with van der Waals surface area (Å²) in [6.45, 7) is 0.457. The molecule has 36 heavy (non-hydrogen) atoms. The molecule has 1 aliphatic heterocycles. The third-order valence-electron chi connectivity index (χ3n) is 7.05. The number of hydrogen-bond donors (Lipinski definition) is 2. The van der Waals surface area contributed by atoms with Crippen LogP contribution < -0.4 is 10.0 Å². The Morgan fingerprint density at radius 1 is 0.972 bits per heavy atom. The van der Waals surface area contributed by atoms with Gasteiger partial charge in [0, 0.05) is 45.3 Å². The van der Waals surface area contributed by atoms with Gasteiger partial charge in [-0.25, -0.2) is 18.1 Å². The maximum Gasteiger partial charge on any atom is 0.242 e. The molecule has 1 saturated carbocycles.